The van der Waals surface area contributed by atoms with Crippen molar-refractivity contribution in [2.75, 3.05) is 24.5 Å². The number of fused-ring (bicyclic) bond motifs is 3. The number of nitrogens with one attached hydrogen (secondary N) is 1. The third-order valence-electron chi connectivity index (χ3n) is 8.30. The van der Waals surface area contributed by atoms with Crippen LogP contribution >= 0.6 is 0 Å². The first kappa shape index (κ1) is 24.8. The van der Waals surface area contributed by atoms with Gasteiger partial charge in [-0.15, -0.1) is 0 Å². The van der Waals surface area contributed by atoms with Gasteiger partial charge in [-0.25, -0.2) is 14.4 Å². The van der Waals surface area contributed by atoms with Crippen molar-refractivity contribution in [2.45, 2.75) is 11.8 Å². The number of benzene rings is 2. The molecule has 0 unspecified atom stereocenters. The molecule has 0 spiro atoms. The number of hydrogen-bond acceptors (Lipinski definition) is 9. The lowest BCUT2D eigenvalue weighted by Crippen LogP contribution is -2.32. The Bertz CT molecular complexity index is 1900. The number of pyridine rings is 1. The van der Waals surface area contributed by atoms with Crippen LogP contribution < -0.4 is 14.8 Å². The summed E-state index contributed by atoms with van der Waals surface area (Å²) in [5.74, 6) is 0.764. The summed E-state index contributed by atoms with van der Waals surface area (Å²) in [6.07, 6.45) is 4.00. The van der Waals surface area contributed by atoms with E-state index < -0.39 is 10.5 Å². The number of H-pyrrole nitrogens is 1. The van der Waals surface area contributed by atoms with Gasteiger partial charge < -0.3 is 14.8 Å². The Morgan fingerprint density at radius 3 is 2.75 bits per heavy atom. The normalized spacial score (nSPS) is 22.4. The Kier molecular flexibility index (Phi) is 5.51. The molecule has 5 aromatic rings. The number of anilines is 1. The average Bonchev–Trinajstić information content (AvgIpc) is 3.41. The van der Waals surface area contributed by atoms with Gasteiger partial charge in [-0.1, -0.05) is 28.2 Å². The summed E-state index contributed by atoms with van der Waals surface area (Å²) in [4.78, 5) is 15.8. The number of nitrogens with two attached hydrogens (primary N) is 1. The Morgan fingerprint density at radius 2 is 1.95 bits per heavy atom. The molecule has 3 atom stereocenters. The van der Waals surface area contributed by atoms with Crippen LogP contribution in [0.3, 0.4) is 0 Å². The minimum absolute atomic E-state index is 0.160. The lowest BCUT2D eigenvalue weighted by Gasteiger charge is -2.26. The fourth-order valence-corrected chi connectivity index (χ4v) is 6.85. The molecule has 2 fully saturated rings. The van der Waals surface area contributed by atoms with Crippen LogP contribution in [0.2, 0.25) is 0 Å². The molecule has 0 bridgehead atoms. The Balaban J connectivity index is 1.20. The zero-order valence-electron chi connectivity index (χ0n) is 21.0. The molecule has 3 aromatic heterocycles. The van der Waals surface area contributed by atoms with Crippen LogP contribution in [0.5, 0.6) is 5.75 Å². The van der Waals surface area contributed by atoms with Crippen molar-refractivity contribution in [2.24, 2.45) is 17.6 Å². The van der Waals surface area contributed by atoms with Crippen LogP contribution in [-0.2, 0) is 15.9 Å². The molecule has 204 valence electrons. The highest BCUT2D eigenvalue weighted by atomic mass is 32.3. The molecule has 10 nitrogen and oxygen atoms in total. The number of nitrogens with zero attached hydrogens (tertiary/aromatic N) is 5. The van der Waals surface area contributed by atoms with Crippen LogP contribution in [0, 0.1) is 17.7 Å². The number of aromatic amines is 1. The predicted octanol–water partition coefficient (Wildman–Crippen LogP) is 3.65. The highest BCUT2D eigenvalue weighted by Crippen LogP contribution is 2.63. The van der Waals surface area contributed by atoms with Crippen molar-refractivity contribution in [3.8, 4) is 17.0 Å². The summed E-state index contributed by atoms with van der Waals surface area (Å²) < 4.78 is 54.6. The van der Waals surface area contributed by atoms with E-state index in [1.165, 1.54) is 18.3 Å². The first-order chi connectivity index (χ1) is 19.3. The minimum atomic E-state index is -5.23. The molecule has 1 aliphatic heterocycles. The number of aromatic nitrogens is 5. The van der Waals surface area contributed by atoms with Gasteiger partial charge in [0.05, 0.1) is 6.20 Å². The van der Waals surface area contributed by atoms with E-state index in [1.54, 1.807) is 30.5 Å². The summed E-state index contributed by atoms with van der Waals surface area (Å²) in [7, 11) is -5.23. The summed E-state index contributed by atoms with van der Waals surface area (Å²) in [5.41, 5.74) is 8.76. The summed E-state index contributed by atoms with van der Waals surface area (Å²) in [5, 5.41) is 7.87. The number of halogens is 2. The maximum absolute atomic E-state index is 14.7. The molecule has 13 heteroatoms. The van der Waals surface area contributed by atoms with Crippen LogP contribution in [0.1, 0.15) is 12.0 Å². The van der Waals surface area contributed by atoms with Gasteiger partial charge in [0.25, 0.3) is 0 Å². The molecular weight excluding hydrogens is 540 g/mol. The maximum atomic E-state index is 14.7. The van der Waals surface area contributed by atoms with E-state index in [-0.39, 0.29) is 28.4 Å². The van der Waals surface area contributed by atoms with Gasteiger partial charge in [-0.3, -0.25) is 10.1 Å². The quantitative estimate of drug-likeness (QED) is 0.296. The number of hydrogen-bond donors (Lipinski definition) is 2. The van der Waals surface area contributed by atoms with Crippen molar-refractivity contribution < 1.29 is 20.9 Å². The van der Waals surface area contributed by atoms with Crippen molar-refractivity contribution in [1.29, 1.82) is 0 Å². The van der Waals surface area contributed by atoms with Crippen molar-refractivity contribution in [1.82, 2.24) is 25.1 Å². The standard InChI is InChI=1S/C27H23F2N7O3S/c28-20-6-2-1-5-18(20)27(14-30)17-9-11-36(13-19(17)27)22-12-32-25-24(34-35-26(25)33-22)16-7-8-21(39-40(29,37)38)23-15(16)4-3-10-31-23/h1-8,10,12,17,19H,9,11,13-14,30H2,(H,33,34,35)/t17-,19+,27-/m1/s1. The Labute approximate surface area is 227 Å². The van der Waals surface area contributed by atoms with Crippen molar-refractivity contribution >= 4 is 38.4 Å². The fourth-order valence-electron chi connectivity index (χ4n) is 6.50. The molecule has 3 N–H and O–H groups in total. The largest absolute Gasteiger partial charge is 0.488 e. The van der Waals surface area contributed by atoms with E-state index in [4.69, 9.17) is 10.7 Å². The van der Waals surface area contributed by atoms with E-state index in [0.29, 0.717) is 58.2 Å². The molecule has 1 saturated carbocycles. The number of piperidine rings is 1. The zero-order chi connectivity index (χ0) is 27.6. The van der Waals surface area contributed by atoms with E-state index in [1.807, 2.05) is 12.1 Å². The lowest BCUT2D eigenvalue weighted by molar-refractivity contribution is 0.442. The predicted molar refractivity (Wildman–Crippen MR) is 144 cm³/mol. The summed E-state index contributed by atoms with van der Waals surface area (Å²) in [6, 6.07) is 13.2. The van der Waals surface area contributed by atoms with Crippen LogP contribution in [-0.4, -0.2) is 53.2 Å². The fraction of sp³-hybridized carbons (Fsp3) is 0.259. The lowest BCUT2D eigenvalue weighted by atomic mass is 9.91. The first-order valence-corrected chi connectivity index (χ1v) is 14.0. The van der Waals surface area contributed by atoms with Gasteiger partial charge in [0.2, 0.25) is 0 Å². The Morgan fingerprint density at radius 1 is 1.10 bits per heavy atom. The highest BCUT2D eigenvalue weighted by molar-refractivity contribution is 7.81. The molecule has 0 radical (unpaired) electrons. The first-order valence-electron chi connectivity index (χ1n) is 12.7. The molecular formula is C27H23F2N7O3S. The van der Waals surface area contributed by atoms with E-state index in [9.17, 15) is 16.7 Å². The molecule has 40 heavy (non-hydrogen) atoms. The van der Waals surface area contributed by atoms with Crippen LogP contribution in [0.4, 0.5) is 14.1 Å². The summed E-state index contributed by atoms with van der Waals surface area (Å²) >= 11 is 0. The zero-order valence-corrected chi connectivity index (χ0v) is 21.8. The average molecular weight is 564 g/mol. The van der Waals surface area contributed by atoms with Crippen LogP contribution in [0.15, 0.2) is 60.9 Å². The molecule has 2 aliphatic rings. The van der Waals surface area contributed by atoms with Gasteiger partial charge in [0.1, 0.15) is 28.4 Å². The molecule has 2 aromatic carbocycles. The van der Waals surface area contributed by atoms with Gasteiger partial charge in [-0.2, -0.15) is 13.5 Å². The third-order valence-corrected chi connectivity index (χ3v) is 8.68. The van der Waals surface area contributed by atoms with Gasteiger partial charge in [0, 0.05) is 42.2 Å². The molecule has 7 rings (SSSR count). The smallest absolute Gasteiger partial charge is 0.356 e. The number of rotatable bonds is 6. The van der Waals surface area contributed by atoms with E-state index >= 15 is 0 Å². The second-order valence-electron chi connectivity index (χ2n) is 10.2. The van der Waals surface area contributed by atoms with Gasteiger partial charge >= 0.3 is 10.5 Å². The van der Waals surface area contributed by atoms with E-state index in [0.717, 1.165) is 13.0 Å². The van der Waals surface area contributed by atoms with Gasteiger partial charge in [0.15, 0.2) is 11.4 Å². The van der Waals surface area contributed by atoms with E-state index in [2.05, 4.69) is 29.2 Å². The van der Waals surface area contributed by atoms with Crippen molar-refractivity contribution in [3.05, 3.63) is 72.3 Å². The van der Waals surface area contributed by atoms with Crippen LogP contribution in [0.25, 0.3) is 33.3 Å². The summed E-state index contributed by atoms with van der Waals surface area (Å²) in [6.45, 7) is 1.82. The SMILES string of the molecule is NC[C@]1(c2ccccc2F)[C@@H]2CCN(c3cnc4c(-c5ccc(OS(=O)(=O)F)c6ncccc56)n[nH]c4n3)C[C@@H]21. The third kappa shape index (κ3) is 3.79. The molecule has 1 saturated heterocycles. The monoisotopic (exact) mass is 563 g/mol. The molecule has 4 heterocycles. The second kappa shape index (κ2) is 8.89. The highest BCUT2D eigenvalue weighted by Gasteiger charge is 2.66. The molecule has 0 amide bonds. The molecule has 1 aliphatic carbocycles. The minimum Gasteiger partial charge on any atom is -0.356 e. The Hall–Kier alpha value is -4.23. The second-order valence-corrected chi connectivity index (χ2v) is 11.1. The topological polar surface area (TPSA) is 140 Å². The van der Waals surface area contributed by atoms with Gasteiger partial charge in [-0.05, 0) is 48.1 Å². The van der Waals surface area contributed by atoms with Crippen molar-refractivity contribution in [3.63, 3.8) is 0 Å². The maximum Gasteiger partial charge on any atom is 0.488 e.